The Labute approximate surface area is 344 Å². The van der Waals surface area contributed by atoms with Crippen LogP contribution in [0.25, 0.3) is 36.9 Å². The van der Waals surface area contributed by atoms with Gasteiger partial charge in [-0.05, 0) is 71.0 Å². The second-order valence-corrected chi connectivity index (χ2v) is 15.9. The second-order valence-electron chi connectivity index (χ2n) is 14.9. The first-order chi connectivity index (χ1) is 28.8. The standard InChI is InChI=1S/C50H37B3N4S/c1-6-21-38(22-7-1)51-55(41-27-12-4-13-28-41)52(39-23-8-2-9-24-39)57(53(40-25-10-3-11-26-40)56(51)42-29-14-5-15-30-42)44-32-20-31-43(37-44)54-47-35-18-16-33-45(47)49-46-34-17-19-36-48(46)58-50(49)54/h1-37H. The molecule has 272 valence electrons. The zero-order chi connectivity index (χ0) is 38.4. The van der Waals surface area contributed by atoms with Crippen molar-refractivity contribution in [2.75, 3.05) is 14.2 Å². The Morgan fingerprint density at radius 2 is 0.724 bits per heavy atom. The Kier molecular flexibility index (Phi) is 8.63. The maximum absolute atomic E-state index is 2.65. The molecule has 2 aromatic heterocycles. The maximum Gasteiger partial charge on any atom is 0.388 e. The summed E-state index contributed by atoms with van der Waals surface area (Å²) in [6.07, 6.45) is 0. The quantitative estimate of drug-likeness (QED) is 0.151. The first kappa shape index (κ1) is 34.4. The van der Waals surface area contributed by atoms with Crippen molar-refractivity contribution in [1.82, 2.24) is 4.57 Å². The van der Waals surface area contributed by atoms with Crippen LogP contribution in [0.5, 0.6) is 0 Å². The van der Waals surface area contributed by atoms with Gasteiger partial charge in [-0.25, -0.2) is 0 Å². The number of para-hydroxylation sites is 3. The maximum atomic E-state index is 2.65. The van der Waals surface area contributed by atoms with E-state index in [1.807, 2.05) is 11.3 Å². The number of hydrogen-bond acceptors (Lipinski definition) is 4. The molecule has 11 rings (SSSR count). The van der Waals surface area contributed by atoms with Gasteiger partial charge in [0.15, 0.2) is 0 Å². The third-order valence-corrected chi connectivity index (χ3v) is 12.7. The number of aromatic nitrogens is 1. The highest BCUT2D eigenvalue weighted by molar-refractivity contribution is 7.25. The molecule has 0 spiro atoms. The smallest absolute Gasteiger partial charge is 0.388 e. The van der Waals surface area contributed by atoms with E-state index in [4.69, 9.17) is 0 Å². The molecular weight excluding hydrogens is 721 g/mol. The van der Waals surface area contributed by atoms with Crippen molar-refractivity contribution >= 4 is 96.9 Å². The lowest BCUT2D eigenvalue weighted by Crippen LogP contribution is -2.86. The molecule has 4 nitrogen and oxygen atoms in total. The topological polar surface area (TPSA) is 14.7 Å². The van der Waals surface area contributed by atoms with Crippen molar-refractivity contribution < 1.29 is 0 Å². The van der Waals surface area contributed by atoms with Gasteiger partial charge in [-0.2, -0.15) is 0 Å². The van der Waals surface area contributed by atoms with Crippen LogP contribution in [0.1, 0.15) is 0 Å². The van der Waals surface area contributed by atoms with Gasteiger partial charge < -0.3 is 18.7 Å². The van der Waals surface area contributed by atoms with Crippen molar-refractivity contribution in [1.29, 1.82) is 0 Å². The summed E-state index contributed by atoms with van der Waals surface area (Å²) in [7, 11) is 0. The van der Waals surface area contributed by atoms with Crippen molar-refractivity contribution in [3.63, 3.8) is 0 Å². The van der Waals surface area contributed by atoms with E-state index in [1.54, 1.807) is 0 Å². The monoisotopic (exact) mass is 758 g/mol. The molecule has 1 fully saturated rings. The van der Waals surface area contributed by atoms with E-state index in [-0.39, 0.29) is 20.9 Å². The van der Waals surface area contributed by atoms with E-state index >= 15 is 0 Å². The van der Waals surface area contributed by atoms with Crippen LogP contribution in [0.4, 0.5) is 17.1 Å². The minimum atomic E-state index is -0.208. The third-order valence-electron chi connectivity index (χ3n) is 11.6. The number of benzene rings is 8. The number of nitrogens with zero attached hydrogens (tertiary/aromatic N) is 4. The van der Waals surface area contributed by atoms with Crippen molar-refractivity contribution in [3.05, 3.63) is 224 Å². The Hall–Kier alpha value is -6.89. The average Bonchev–Trinajstić information content (AvgIpc) is 3.84. The number of thiophene rings is 1. The Bertz CT molecular complexity index is 2910. The van der Waals surface area contributed by atoms with E-state index in [0.29, 0.717) is 0 Å². The van der Waals surface area contributed by atoms with Gasteiger partial charge in [-0.3, -0.25) is 0 Å². The first-order valence-electron chi connectivity index (χ1n) is 19.9. The van der Waals surface area contributed by atoms with E-state index in [2.05, 4.69) is 243 Å². The number of fused-ring (bicyclic) bond motifs is 5. The van der Waals surface area contributed by atoms with Crippen LogP contribution in [-0.2, 0) is 0 Å². The summed E-state index contributed by atoms with van der Waals surface area (Å²) >= 11 is 1.87. The van der Waals surface area contributed by atoms with Crippen LogP contribution < -0.4 is 30.6 Å². The lowest BCUT2D eigenvalue weighted by atomic mass is 9.37. The van der Waals surface area contributed by atoms with Gasteiger partial charge in [0.25, 0.3) is 0 Å². The normalized spacial score (nSPS) is 13.3. The number of anilines is 3. The third kappa shape index (κ3) is 5.71. The molecule has 8 heteroatoms. The molecular formula is C50H37B3N4S. The van der Waals surface area contributed by atoms with Crippen molar-refractivity contribution in [2.45, 2.75) is 0 Å². The molecule has 58 heavy (non-hydrogen) atoms. The van der Waals surface area contributed by atoms with Crippen molar-refractivity contribution in [3.8, 4) is 5.69 Å². The SMILES string of the molecule is c1ccc(B2N(c3ccccc3)B(c3ccccc3)N(c3cccc(-n4c5ccccc5c5c6ccccc6sc54)c3)B(c3ccccc3)N2c2ccccc2)cc1. The molecule has 1 aliphatic rings. The summed E-state index contributed by atoms with van der Waals surface area (Å²) in [5.74, 6) is 0. The summed E-state index contributed by atoms with van der Waals surface area (Å²) in [5.41, 5.74) is 9.40. The molecule has 0 atom stereocenters. The molecule has 0 N–H and O–H groups in total. The molecule has 8 aromatic carbocycles. The van der Waals surface area contributed by atoms with E-state index in [0.717, 1.165) is 22.7 Å². The lowest BCUT2D eigenvalue weighted by molar-refractivity contribution is 1.19. The Morgan fingerprint density at radius 3 is 1.26 bits per heavy atom. The minimum absolute atomic E-state index is 0.174. The summed E-state index contributed by atoms with van der Waals surface area (Å²) in [5, 5.41) is 3.90. The minimum Gasteiger partial charge on any atom is -0.416 e. The van der Waals surface area contributed by atoms with Crippen LogP contribution in [0.3, 0.4) is 0 Å². The molecule has 1 aliphatic heterocycles. The molecule has 3 heterocycles. The van der Waals surface area contributed by atoms with Crippen LogP contribution in [0.15, 0.2) is 224 Å². The molecule has 0 unspecified atom stereocenters. The van der Waals surface area contributed by atoms with Gasteiger partial charge in [0.2, 0.25) is 0 Å². The zero-order valence-corrected chi connectivity index (χ0v) is 32.6. The summed E-state index contributed by atoms with van der Waals surface area (Å²) in [6, 6.07) is 82.0. The first-order valence-corrected chi connectivity index (χ1v) is 20.8. The van der Waals surface area contributed by atoms with Crippen LogP contribution in [0, 0.1) is 0 Å². The van der Waals surface area contributed by atoms with E-state index in [1.165, 1.54) is 47.6 Å². The molecule has 0 amide bonds. The summed E-state index contributed by atoms with van der Waals surface area (Å²) < 4.78 is 11.7. The molecule has 10 aromatic rings. The predicted octanol–water partition coefficient (Wildman–Crippen LogP) is 10.0. The van der Waals surface area contributed by atoms with Gasteiger partial charge >= 0.3 is 20.9 Å². The average molecular weight is 758 g/mol. The van der Waals surface area contributed by atoms with Crippen molar-refractivity contribution in [2.24, 2.45) is 0 Å². The molecule has 1 saturated heterocycles. The number of hydrogen-bond donors (Lipinski definition) is 0. The summed E-state index contributed by atoms with van der Waals surface area (Å²) in [6.45, 7) is -0.590. The molecule has 0 bridgehead atoms. The van der Waals surface area contributed by atoms with Crippen LogP contribution >= 0.6 is 11.3 Å². The van der Waals surface area contributed by atoms with E-state index in [9.17, 15) is 0 Å². The Morgan fingerprint density at radius 1 is 0.328 bits per heavy atom. The highest BCUT2D eigenvalue weighted by Crippen LogP contribution is 2.43. The predicted molar refractivity (Wildman–Crippen MR) is 252 cm³/mol. The lowest BCUT2D eigenvalue weighted by Gasteiger charge is -2.57. The fourth-order valence-electron chi connectivity index (χ4n) is 9.18. The molecule has 0 saturated carbocycles. The van der Waals surface area contributed by atoms with Crippen LogP contribution in [0.2, 0.25) is 0 Å². The van der Waals surface area contributed by atoms with Gasteiger partial charge in [0.05, 0.1) is 5.52 Å². The molecule has 0 radical (unpaired) electrons. The zero-order valence-electron chi connectivity index (χ0n) is 31.8. The second kappa shape index (κ2) is 14.6. The Balaban J connectivity index is 1.22. The van der Waals surface area contributed by atoms with E-state index < -0.39 is 0 Å². The highest BCUT2D eigenvalue weighted by Gasteiger charge is 2.55. The van der Waals surface area contributed by atoms with Gasteiger partial charge in [-0.1, -0.05) is 170 Å². The highest BCUT2D eigenvalue weighted by atomic mass is 32.1. The fraction of sp³-hybridized carbons (Fsp3) is 0. The fourth-order valence-corrected chi connectivity index (χ4v) is 10.4. The summed E-state index contributed by atoms with van der Waals surface area (Å²) in [4.78, 5) is 1.26. The number of rotatable bonds is 7. The van der Waals surface area contributed by atoms with Gasteiger partial charge in [-0.15, -0.1) is 11.3 Å². The molecule has 0 aliphatic carbocycles. The van der Waals surface area contributed by atoms with Gasteiger partial charge in [0, 0.05) is 43.6 Å². The largest absolute Gasteiger partial charge is 0.416 e. The van der Waals surface area contributed by atoms with Crippen LogP contribution in [-0.4, -0.2) is 25.5 Å². The van der Waals surface area contributed by atoms with Gasteiger partial charge in [0.1, 0.15) is 4.83 Å².